The van der Waals surface area contributed by atoms with E-state index < -0.39 is 5.91 Å². The smallest absolute Gasteiger partial charge is 0.294 e. The first-order chi connectivity index (χ1) is 16.9. The summed E-state index contributed by atoms with van der Waals surface area (Å²) in [6.07, 6.45) is 5.88. The SMILES string of the molecule is Cl.Nc1ccc2oc(C(=O)Nc3ccc(Cl)cn3)c(NC(=O)[C@H]3CC[C@H](N4CCCC4=O)CC3)c2c1. The number of anilines is 3. The Morgan fingerprint density at radius 1 is 1.11 bits per heavy atom. The van der Waals surface area contributed by atoms with Crippen molar-refractivity contribution in [3.8, 4) is 0 Å². The van der Waals surface area contributed by atoms with Crippen molar-refractivity contribution in [1.82, 2.24) is 9.88 Å². The van der Waals surface area contributed by atoms with Gasteiger partial charge in [-0.1, -0.05) is 11.6 Å². The van der Waals surface area contributed by atoms with Crippen LogP contribution < -0.4 is 16.4 Å². The van der Waals surface area contributed by atoms with E-state index in [9.17, 15) is 14.4 Å². The van der Waals surface area contributed by atoms with Crippen LogP contribution in [0.1, 0.15) is 49.1 Å². The van der Waals surface area contributed by atoms with Gasteiger partial charge in [0.15, 0.2) is 0 Å². The summed E-state index contributed by atoms with van der Waals surface area (Å²) in [6, 6.07) is 8.39. The molecule has 11 heteroatoms. The number of carbonyl (C=O) groups is 3. The van der Waals surface area contributed by atoms with Crippen molar-refractivity contribution in [2.24, 2.45) is 5.92 Å². The lowest BCUT2D eigenvalue weighted by atomic mass is 9.84. The number of amides is 3. The summed E-state index contributed by atoms with van der Waals surface area (Å²) in [5.41, 5.74) is 7.16. The van der Waals surface area contributed by atoms with Gasteiger partial charge in [0.1, 0.15) is 17.1 Å². The fourth-order valence-corrected chi connectivity index (χ4v) is 5.06. The maximum Gasteiger partial charge on any atom is 0.294 e. The molecule has 190 valence electrons. The topological polar surface area (TPSA) is 131 Å². The monoisotopic (exact) mass is 531 g/mol. The highest BCUT2D eigenvalue weighted by Gasteiger charge is 2.34. The first-order valence-electron chi connectivity index (χ1n) is 11.7. The molecular weight excluding hydrogens is 505 g/mol. The number of nitrogens with one attached hydrogen (secondary N) is 2. The molecule has 1 aliphatic carbocycles. The number of furan rings is 1. The zero-order valence-corrected chi connectivity index (χ0v) is 21.0. The lowest BCUT2D eigenvalue weighted by molar-refractivity contribution is -0.130. The van der Waals surface area contributed by atoms with Gasteiger partial charge in [0.05, 0.1) is 5.02 Å². The molecule has 5 rings (SSSR count). The van der Waals surface area contributed by atoms with Crippen LogP contribution in [0.15, 0.2) is 40.9 Å². The van der Waals surface area contributed by atoms with Crippen LogP contribution in [-0.4, -0.2) is 40.2 Å². The van der Waals surface area contributed by atoms with Gasteiger partial charge >= 0.3 is 0 Å². The molecule has 0 atom stereocenters. The Balaban J connectivity index is 0.00000304. The second-order valence-corrected chi connectivity index (χ2v) is 9.50. The molecule has 36 heavy (non-hydrogen) atoms. The normalized spacial score (nSPS) is 19.7. The molecule has 0 unspecified atom stereocenters. The van der Waals surface area contributed by atoms with Crippen LogP contribution in [0.25, 0.3) is 11.0 Å². The predicted octanol–water partition coefficient (Wildman–Crippen LogP) is 4.86. The van der Waals surface area contributed by atoms with E-state index in [4.69, 9.17) is 21.8 Å². The number of fused-ring (bicyclic) bond motifs is 1. The summed E-state index contributed by atoms with van der Waals surface area (Å²) in [5, 5.41) is 6.59. The average molecular weight is 532 g/mol. The zero-order chi connectivity index (χ0) is 24.5. The van der Waals surface area contributed by atoms with Crippen LogP contribution in [0.5, 0.6) is 0 Å². The fraction of sp³-hybridized carbons (Fsp3) is 0.360. The summed E-state index contributed by atoms with van der Waals surface area (Å²) in [5.74, 6) is -0.477. The lowest BCUT2D eigenvalue weighted by Gasteiger charge is -2.34. The Morgan fingerprint density at radius 3 is 2.56 bits per heavy atom. The molecule has 0 spiro atoms. The number of halogens is 2. The Labute approximate surface area is 219 Å². The van der Waals surface area contributed by atoms with Gasteiger partial charge < -0.3 is 25.7 Å². The van der Waals surface area contributed by atoms with Gasteiger partial charge in [0, 0.05) is 42.2 Å². The van der Waals surface area contributed by atoms with Crippen molar-refractivity contribution in [1.29, 1.82) is 0 Å². The second-order valence-electron chi connectivity index (χ2n) is 9.06. The molecular formula is C25H27Cl2N5O4. The highest BCUT2D eigenvalue weighted by molar-refractivity contribution is 6.30. The molecule has 0 radical (unpaired) electrons. The first-order valence-corrected chi connectivity index (χ1v) is 12.1. The van der Waals surface area contributed by atoms with Crippen molar-refractivity contribution < 1.29 is 18.8 Å². The van der Waals surface area contributed by atoms with Gasteiger partial charge in [0.25, 0.3) is 5.91 Å². The van der Waals surface area contributed by atoms with Crippen molar-refractivity contribution in [2.75, 3.05) is 22.9 Å². The maximum absolute atomic E-state index is 13.2. The van der Waals surface area contributed by atoms with E-state index in [0.717, 1.165) is 25.8 Å². The van der Waals surface area contributed by atoms with E-state index in [-0.39, 0.29) is 47.6 Å². The summed E-state index contributed by atoms with van der Waals surface area (Å²) < 4.78 is 5.82. The molecule has 3 amide bonds. The van der Waals surface area contributed by atoms with Crippen LogP contribution >= 0.6 is 24.0 Å². The lowest BCUT2D eigenvalue weighted by Crippen LogP contribution is -2.40. The van der Waals surface area contributed by atoms with Gasteiger partial charge in [-0.3, -0.25) is 14.4 Å². The molecule has 2 aliphatic rings. The molecule has 3 aromatic rings. The number of hydrogen-bond acceptors (Lipinski definition) is 6. The van der Waals surface area contributed by atoms with Crippen LogP contribution in [-0.2, 0) is 9.59 Å². The molecule has 3 heterocycles. The Kier molecular flexibility index (Phi) is 7.70. The number of benzene rings is 1. The minimum absolute atomic E-state index is 0. The van der Waals surface area contributed by atoms with Gasteiger partial charge in [-0.05, 0) is 62.4 Å². The van der Waals surface area contributed by atoms with Crippen molar-refractivity contribution in [3.05, 3.63) is 47.3 Å². The quantitative estimate of drug-likeness (QED) is 0.403. The largest absolute Gasteiger partial charge is 0.449 e. The van der Waals surface area contributed by atoms with Gasteiger partial charge in [0.2, 0.25) is 17.6 Å². The van der Waals surface area contributed by atoms with Crippen LogP contribution in [0.2, 0.25) is 5.02 Å². The number of nitrogens with zero attached hydrogens (tertiary/aromatic N) is 2. The van der Waals surface area contributed by atoms with E-state index in [1.807, 2.05) is 4.90 Å². The number of nitrogen functional groups attached to an aromatic ring is 1. The number of pyridine rings is 1. The molecule has 1 saturated carbocycles. The number of likely N-dealkylation sites (tertiary alicyclic amines) is 1. The first kappa shape index (κ1) is 25.8. The van der Waals surface area contributed by atoms with E-state index in [2.05, 4.69) is 15.6 Å². The molecule has 1 saturated heterocycles. The second kappa shape index (κ2) is 10.8. The Morgan fingerprint density at radius 2 is 1.89 bits per heavy atom. The Bertz CT molecular complexity index is 1290. The number of nitrogens with two attached hydrogens (primary N) is 1. The van der Waals surface area contributed by atoms with Gasteiger partial charge in [-0.25, -0.2) is 4.98 Å². The third kappa shape index (κ3) is 5.27. The molecule has 4 N–H and O–H groups in total. The summed E-state index contributed by atoms with van der Waals surface area (Å²) in [7, 11) is 0. The van der Waals surface area contributed by atoms with Crippen molar-refractivity contribution >= 4 is 69.9 Å². The van der Waals surface area contributed by atoms with Crippen LogP contribution in [0, 0.1) is 5.92 Å². The maximum atomic E-state index is 13.2. The number of rotatable bonds is 5. The fourth-order valence-electron chi connectivity index (χ4n) is 4.95. The number of aromatic nitrogens is 1. The van der Waals surface area contributed by atoms with Crippen molar-refractivity contribution in [3.63, 3.8) is 0 Å². The van der Waals surface area contributed by atoms with E-state index in [1.54, 1.807) is 30.3 Å². The standard InChI is InChI=1S/C25H26ClN5O4.ClH/c26-15-5-10-20(28-13-15)29-25(34)23-22(18-12-16(27)6-9-19(18)35-23)30-24(33)14-3-7-17(8-4-14)31-11-1-2-21(31)32;/h5-6,9-10,12-14,17H,1-4,7-8,11,27H2,(H,30,33)(H,28,29,34);1H/t14-,17-;. The molecule has 0 bridgehead atoms. The number of hydrogen-bond donors (Lipinski definition) is 3. The molecule has 1 aliphatic heterocycles. The average Bonchev–Trinajstić information content (AvgIpc) is 3.44. The third-order valence-corrected chi connectivity index (χ3v) is 6.98. The minimum atomic E-state index is -0.554. The summed E-state index contributed by atoms with van der Waals surface area (Å²) >= 11 is 5.87. The minimum Gasteiger partial charge on any atom is -0.449 e. The molecule has 9 nitrogen and oxygen atoms in total. The van der Waals surface area contributed by atoms with Crippen LogP contribution in [0.3, 0.4) is 0 Å². The molecule has 2 fully saturated rings. The summed E-state index contributed by atoms with van der Waals surface area (Å²) in [6.45, 7) is 0.809. The summed E-state index contributed by atoms with van der Waals surface area (Å²) in [4.78, 5) is 44.4. The van der Waals surface area contributed by atoms with Crippen LogP contribution in [0.4, 0.5) is 17.2 Å². The highest BCUT2D eigenvalue weighted by Crippen LogP contribution is 2.35. The number of carbonyl (C=O) groups excluding carboxylic acids is 3. The predicted molar refractivity (Wildman–Crippen MR) is 140 cm³/mol. The van der Waals surface area contributed by atoms with Crippen molar-refractivity contribution in [2.45, 2.75) is 44.6 Å². The Hall–Kier alpha value is -3.30. The molecule has 1 aromatic carbocycles. The van der Waals surface area contributed by atoms with E-state index >= 15 is 0 Å². The molecule has 2 aromatic heterocycles. The highest BCUT2D eigenvalue weighted by atomic mass is 35.5. The van der Waals surface area contributed by atoms with E-state index in [1.165, 1.54) is 6.20 Å². The van der Waals surface area contributed by atoms with E-state index in [0.29, 0.717) is 46.8 Å². The van der Waals surface area contributed by atoms with Gasteiger partial charge in [-0.2, -0.15) is 0 Å². The van der Waals surface area contributed by atoms with Gasteiger partial charge in [-0.15, -0.1) is 12.4 Å². The zero-order valence-electron chi connectivity index (χ0n) is 19.5. The third-order valence-electron chi connectivity index (χ3n) is 6.75.